The fraction of sp³-hybridized carbons (Fsp3) is 0.467. The van der Waals surface area contributed by atoms with Crippen LogP contribution in [0.2, 0.25) is 0 Å². The first kappa shape index (κ1) is 11.3. The number of phenols is 1. The molecule has 0 aliphatic heterocycles. The number of phenolic OH excluding ortho intramolecular Hbond substituents is 1. The number of benzene rings is 1. The molecule has 0 amide bonds. The average Bonchev–Trinajstić information content (AvgIpc) is 2.29. The molecule has 1 heteroatoms. The molecule has 2 rings (SSSR count). The van der Waals surface area contributed by atoms with Crippen LogP contribution in [0.15, 0.2) is 30.3 Å². The fourth-order valence-corrected chi connectivity index (χ4v) is 2.41. The van der Waals surface area contributed by atoms with Gasteiger partial charge in [-0.05, 0) is 36.0 Å². The minimum Gasteiger partial charge on any atom is -0.508 e. The molecule has 1 aromatic rings. The monoisotopic (exact) mass is 216 g/mol. The molecule has 1 aliphatic carbocycles. The third-order valence-corrected chi connectivity index (χ3v) is 3.57. The predicted molar refractivity (Wildman–Crippen MR) is 68.3 cm³/mol. The van der Waals surface area contributed by atoms with Crippen molar-refractivity contribution in [2.45, 2.75) is 39.0 Å². The Kier molecular flexibility index (Phi) is 3.33. The average molecular weight is 216 g/mol. The molecule has 0 radical (unpaired) electrons. The van der Waals surface area contributed by atoms with Crippen LogP contribution in [0.1, 0.15) is 44.6 Å². The first-order chi connectivity index (χ1) is 7.68. The van der Waals surface area contributed by atoms with E-state index in [1.54, 1.807) is 12.1 Å². The van der Waals surface area contributed by atoms with Crippen molar-refractivity contribution in [3.63, 3.8) is 0 Å². The summed E-state index contributed by atoms with van der Waals surface area (Å²) in [5, 5.41) is 9.20. The second-order valence-corrected chi connectivity index (χ2v) is 5.14. The first-order valence-electron chi connectivity index (χ1n) is 6.16. The highest BCUT2D eigenvalue weighted by molar-refractivity contribution is 5.51. The Morgan fingerprint density at radius 2 is 1.69 bits per heavy atom. The van der Waals surface area contributed by atoms with Crippen molar-refractivity contribution in [3.05, 3.63) is 35.9 Å². The molecule has 0 aromatic heterocycles. The number of hydrogen-bond acceptors (Lipinski definition) is 1. The molecule has 86 valence electrons. The lowest BCUT2D eigenvalue weighted by Gasteiger charge is -2.30. The smallest absolute Gasteiger partial charge is 0.115 e. The molecule has 1 aliphatic rings. The molecule has 1 nitrogen and oxygen atoms in total. The lowest BCUT2D eigenvalue weighted by Crippen LogP contribution is -2.16. The van der Waals surface area contributed by atoms with Crippen LogP contribution in [-0.2, 0) is 0 Å². The first-order valence-corrected chi connectivity index (χ1v) is 6.16. The summed E-state index contributed by atoms with van der Waals surface area (Å²) in [5.41, 5.74) is 1.56. The van der Waals surface area contributed by atoms with Gasteiger partial charge in [-0.15, -0.1) is 0 Å². The Morgan fingerprint density at radius 1 is 1.06 bits per heavy atom. The summed E-state index contributed by atoms with van der Waals surface area (Å²) < 4.78 is 0. The Balaban J connectivity index is 2.05. The Hall–Kier alpha value is -1.24. The molecular weight excluding hydrogens is 196 g/mol. The highest BCUT2D eigenvalue weighted by Crippen LogP contribution is 2.37. The maximum absolute atomic E-state index is 9.20. The van der Waals surface area contributed by atoms with Gasteiger partial charge in [0.2, 0.25) is 0 Å². The van der Waals surface area contributed by atoms with Gasteiger partial charge in [-0.2, -0.15) is 0 Å². The third-order valence-electron chi connectivity index (χ3n) is 3.57. The van der Waals surface area contributed by atoms with E-state index in [1.165, 1.54) is 37.7 Å². The van der Waals surface area contributed by atoms with E-state index < -0.39 is 0 Å². The van der Waals surface area contributed by atoms with Crippen LogP contribution < -0.4 is 0 Å². The Morgan fingerprint density at radius 3 is 2.31 bits per heavy atom. The van der Waals surface area contributed by atoms with Crippen molar-refractivity contribution in [3.8, 4) is 5.75 Å². The Labute approximate surface area is 97.8 Å². The molecule has 16 heavy (non-hydrogen) atoms. The molecule has 0 heterocycles. The van der Waals surface area contributed by atoms with Crippen LogP contribution in [-0.4, -0.2) is 5.11 Å². The van der Waals surface area contributed by atoms with Crippen molar-refractivity contribution in [1.82, 2.24) is 0 Å². The second-order valence-electron chi connectivity index (χ2n) is 5.14. The van der Waals surface area contributed by atoms with Crippen molar-refractivity contribution < 1.29 is 5.11 Å². The topological polar surface area (TPSA) is 20.2 Å². The summed E-state index contributed by atoms with van der Waals surface area (Å²) in [4.78, 5) is 0. The fourth-order valence-electron chi connectivity index (χ4n) is 2.41. The van der Waals surface area contributed by atoms with Crippen LogP contribution in [0.3, 0.4) is 0 Å². The summed E-state index contributed by atoms with van der Waals surface area (Å²) in [7, 11) is 0. The minimum absolute atomic E-state index is 0.334. The minimum atomic E-state index is 0.334. The molecule has 0 bridgehead atoms. The molecule has 0 atom stereocenters. The normalized spacial score (nSPS) is 20.1. The highest BCUT2D eigenvalue weighted by atomic mass is 16.3. The molecule has 1 N–H and O–H groups in total. The number of aromatic hydroxyl groups is 1. The number of hydrogen-bond donors (Lipinski definition) is 1. The summed E-state index contributed by atoms with van der Waals surface area (Å²) >= 11 is 0. The number of allylic oxidation sites excluding steroid dienone is 1. The van der Waals surface area contributed by atoms with E-state index in [9.17, 15) is 5.11 Å². The summed E-state index contributed by atoms with van der Waals surface area (Å²) in [5.74, 6) is 0.334. The van der Waals surface area contributed by atoms with Crippen molar-refractivity contribution in [2.75, 3.05) is 0 Å². The van der Waals surface area contributed by atoms with Crippen molar-refractivity contribution in [2.24, 2.45) is 5.41 Å². The van der Waals surface area contributed by atoms with E-state index in [2.05, 4.69) is 19.1 Å². The third kappa shape index (κ3) is 2.88. The van der Waals surface area contributed by atoms with Crippen LogP contribution in [0.25, 0.3) is 6.08 Å². The molecule has 1 aromatic carbocycles. The summed E-state index contributed by atoms with van der Waals surface area (Å²) in [6, 6.07) is 7.39. The lowest BCUT2D eigenvalue weighted by molar-refractivity contribution is 0.287. The standard InChI is InChI=1S/C15H20O/c1-15(10-3-2-4-11-15)12-9-13-5-7-14(16)8-6-13/h5-9,12,16H,2-4,10-11H2,1H3/b12-9+. The zero-order chi connectivity index (χ0) is 11.4. The van der Waals surface area contributed by atoms with E-state index in [-0.39, 0.29) is 0 Å². The summed E-state index contributed by atoms with van der Waals surface area (Å²) in [6.07, 6.45) is 11.3. The maximum atomic E-state index is 9.20. The van der Waals surface area contributed by atoms with Crippen LogP contribution in [0.4, 0.5) is 0 Å². The molecule has 0 saturated heterocycles. The van der Waals surface area contributed by atoms with Crippen molar-refractivity contribution >= 4 is 6.08 Å². The zero-order valence-corrected chi connectivity index (χ0v) is 9.95. The van der Waals surface area contributed by atoms with Gasteiger partial charge < -0.3 is 5.11 Å². The SMILES string of the molecule is CC1(/C=C/c2ccc(O)cc2)CCCCC1. The zero-order valence-electron chi connectivity index (χ0n) is 9.95. The summed E-state index contributed by atoms with van der Waals surface area (Å²) in [6.45, 7) is 2.35. The van der Waals surface area contributed by atoms with Crippen molar-refractivity contribution in [1.29, 1.82) is 0 Å². The van der Waals surface area contributed by atoms with Gasteiger partial charge in [0.1, 0.15) is 5.75 Å². The van der Waals surface area contributed by atoms with Gasteiger partial charge >= 0.3 is 0 Å². The molecule has 0 unspecified atom stereocenters. The van der Waals surface area contributed by atoms with E-state index in [4.69, 9.17) is 0 Å². The van der Waals surface area contributed by atoms with Gasteiger partial charge in [-0.1, -0.05) is 50.5 Å². The molecule has 1 saturated carbocycles. The van der Waals surface area contributed by atoms with E-state index in [1.807, 2.05) is 12.1 Å². The number of rotatable bonds is 2. The van der Waals surface area contributed by atoms with Gasteiger partial charge in [0.15, 0.2) is 0 Å². The van der Waals surface area contributed by atoms with Gasteiger partial charge in [-0.25, -0.2) is 0 Å². The largest absolute Gasteiger partial charge is 0.508 e. The van der Waals surface area contributed by atoms with Gasteiger partial charge in [0.25, 0.3) is 0 Å². The van der Waals surface area contributed by atoms with Crippen LogP contribution >= 0.6 is 0 Å². The van der Waals surface area contributed by atoms with E-state index >= 15 is 0 Å². The lowest BCUT2D eigenvalue weighted by atomic mass is 9.75. The molecular formula is C15H20O. The molecule has 0 spiro atoms. The maximum Gasteiger partial charge on any atom is 0.115 e. The van der Waals surface area contributed by atoms with E-state index in [0.717, 1.165) is 0 Å². The molecule has 1 fully saturated rings. The second kappa shape index (κ2) is 4.73. The van der Waals surface area contributed by atoms with Gasteiger partial charge in [0, 0.05) is 0 Å². The van der Waals surface area contributed by atoms with E-state index in [0.29, 0.717) is 11.2 Å². The predicted octanol–water partition coefficient (Wildman–Crippen LogP) is 4.38. The quantitative estimate of drug-likeness (QED) is 0.778. The van der Waals surface area contributed by atoms with Gasteiger partial charge in [0.05, 0.1) is 0 Å². The Bertz CT molecular complexity index is 356. The highest BCUT2D eigenvalue weighted by Gasteiger charge is 2.23. The van der Waals surface area contributed by atoms with Crippen LogP contribution in [0.5, 0.6) is 5.75 Å². The van der Waals surface area contributed by atoms with Crippen LogP contribution in [0, 0.1) is 5.41 Å². The van der Waals surface area contributed by atoms with Gasteiger partial charge in [-0.3, -0.25) is 0 Å².